The van der Waals surface area contributed by atoms with Gasteiger partial charge in [0.15, 0.2) is 5.69 Å². The van der Waals surface area contributed by atoms with Crippen LogP contribution in [-0.2, 0) is 6.18 Å². The minimum absolute atomic E-state index is 0.0950. The lowest BCUT2D eigenvalue weighted by Gasteiger charge is -2.15. The number of halogens is 6. The van der Waals surface area contributed by atoms with Crippen LogP contribution in [0.15, 0.2) is 52.9 Å². The fourth-order valence-electron chi connectivity index (χ4n) is 3.77. The van der Waals surface area contributed by atoms with E-state index in [9.17, 15) is 35.9 Å². The van der Waals surface area contributed by atoms with E-state index in [0.29, 0.717) is 18.7 Å². The Bertz CT molecular complexity index is 1320. The number of ether oxygens (including phenoxy) is 1. The molecule has 38 heavy (non-hydrogen) atoms. The highest BCUT2D eigenvalue weighted by Crippen LogP contribution is 2.39. The number of alkyl halides is 6. The largest absolute Gasteiger partial charge is 0.573 e. The number of nitrogens with one attached hydrogen (secondary N) is 2. The molecule has 4 rings (SSSR count). The van der Waals surface area contributed by atoms with Crippen molar-refractivity contribution in [3.8, 4) is 17.2 Å². The molecule has 9 nitrogen and oxygen atoms in total. The van der Waals surface area contributed by atoms with Crippen LogP contribution in [0.4, 0.5) is 42.5 Å². The van der Waals surface area contributed by atoms with Crippen molar-refractivity contribution in [3.63, 3.8) is 0 Å². The first-order valence-corrected chi connectivity index (χ1v) is 10.9. The maximum atomic E-state index is 13.6. The van der Waals surface area contributed by atoms with Gasteiger partial charge in [-0.3, -0.25) is 4.79 Å². The normalized spacial score (nSPS) is 15.8. The molecular weight excluding hydrogens is 526 g/mol. The Morgan fingerprint density at radius 1 is 1.03 bits per heavy atom. The van der Waals surface area contributed by atoms with Gasteiger partial charge in [-0.1, -0.05) is 12.1 Å². The highest BCUT2D eigenvalue weighted by atomic mass is 19.4. The number of carbonyl (C=O) groups is 2. The van der Waals surface area contributed by atoms with Crippen molar-refractivity contribution in [2.45, 2.75) is 25.0 Å². The minimum atomic E-state index is -5.18. The Balaban J connectivity index is 1.53. The number of oxazole rings is 1. The molecule has 1 saturated heterocycles. The van der Waals surface area contributed by atoms with Gasteiger partial charge in [-0.05, 0) is 42.8 Å². The molecule has 0 spiro atoms. The molecule has 2 amide bonds. The molecule has 0 saturated carbocycles. The van der Waals surface area contributed by atoms with Gasteiger partial charge in [0.2, 0.25) is 11.7 Å². The lowest BCUT2D eigenvalue weighted by Crippen LogP contribution is -2.30. The molecule has 0 bridgehead atoms. The smallest absolute Gasteiger partial charge is 0.465 e. The molecule has 2 aromatic carbocycles. The highest BCUT2D eigenvalue weighted by molar-refractivity contribution is 6.04. The molecule has 1 aromatic heterocycles. The molecule has 1 atom stereocenters. The number of para-hydroxylation sites is 1. The number of hydrogen-bond acceptors (Lipinski definition) is 6. The second-order valence-corrected chi connectivity index (χ2v) is 8.13. The SMILES string of the molecule is O=C(Nc1ccc(NC2CCN(C(=O)O)C2)cc1)c1nc(-c2ccccc2OC(F)(F)F)oc1C(F)(F)F. The number of carbonyl (C=O) groups excluding carboxylic acids is 1. The third kappa shape index (κ3) is 6.27. The first-order chi connectivity index (χ1) is 17.8. The lowest BCUT2D eigenvalue weighted by atomic mass is 10.2. The summed E-state index contributed by atoms with van der Waals surface area (Å²) >= 11 is 0. The van der Waals surface area contributed by atoms with E-state index in [4.69, 9.17) is 9.52 Å². The fraction of sp³-hybridized carbons (Fsp3) is 0.261. The third-order valence-corrected chi connectivity index (χ3v) is 5.42. The van der Waals surface area contributed by atoms with Gasteiger partial charge in [0.25, 0.3) is 5.91 Å². The van der Waals surface area contributed by atoms with Crippen molar-refractivity contribution in [2.75, 3.05) is 23.7 Å². The van der Waals surface area contributed by atoms with E-state index < -0.39 is 53.2 Å². The quantitative estimate of drug-likeness (QED) is 0.342. The molecular formula is C23H18F6N4O5. The van der Waals surface area contributed by atoms with Gasteiger partial charge >= 0.3 is 18.6 Å². The summed E-state index contributed by atoms with van der Waals surface area (Å²) in [4.78, 5) is 28.5. The summed E-state index contributed by atoms with van der Waals surface area (Å²) in [6.45, 7) is 0.648. The molecule has 0 aliphatic carbocycles. The summed E-state index contributed by atoms with van der Waals surface area (Å²) in [6.07, 6.45) is -10.8. The Labute approximate surface area is 210 Å². The molecule has 1 unspecified atom stereocenters. The van der Waals surface area contributed by atoms with Crippen molar-refractivity contribution < 1.29 is 50.2 Å². The van der Waals surface area contributed by atoms with Gasteiger partial charge in [0.1, 0.15) is 5.75 Å². The van der Waals surface area contributed by atoms with Crippen LogP contribution < -0.4 is 15.4 Å². The maximum absolute atomic E-state index is 13.6. The number of amides is 2. The Kier molecular flexibility index (Phi) is 7.11. The molecule has 2 heterocycles. The van der Waals surface area contributed by atoms with E-state index in [1.54, 1.807) is 0 Å². The van der Waals surface area contributed by atoms with Gasteiger partial charge < -0.3 is 29.8 Å². The van der Waals surface area contributed by atoms with E-state index in [0.717, 1.165) is 12.1 Å². The number of rotatable bonds is 6. The van der Waals surface area contributed by atoms with E-state index in [2.05, 4.69) is 20.4 Å². The Morgan fingerprint density at radius 2 is 1.68 bits per heavy atom. The summed E-state index contributed by atoms with van der Waals surface area (Å²) in [5.41, 5.74) is -1.05. The summed E-state index contributed by atoms with van der Waals surface area (Å²) < 4.78 is 87.5. The summed E-state index contributed by atoms with van der Waals surface area (Å²) in [6, 6.07) is 9.97. The van der Waals surface area contributed by atoms with Gasteiger partial charge in [0.05, 0.1) is 5.56 Å². The molecule has 0 radical (unpaired) electrons. The highest BCUT2D eigenvalue weighted by Gasteiger charge is 2.42. The van der Waals surface area contributed by atoms with Crippen molar-refractivity contribution in [1.29, 1.82) is 0 Å². The monoisotopic (exact) mass is 544 g/mol. The molecule has 202 valence electrons. The second kappa shape index (κ2) is 10.1. The van der Waals surface area contributed by atoms with Crippen LogP contribution in [0.1, 0.15) is 22.7 Å². The average Bonchev–Trinajstić information content (AvgIpc) is 3.47. The van der Waals surface area contributed by atoms with Gasteiger partial charge in [-0.2, -0.15) is 13.2 Å². The lowest BCUT2D eigenvalue weighted by molar-refractivity contribution is -0.274. The van der Waals surface area contributed by atoms with Crippen molar-refractivity contribution in [2.24, 2.45) is 0 Å². The first-order valence-electron chi connectivity index (χ1n) is 10.9. The topological polar surface area (TPSA) is 117 Å². The number of carboxylic acid groups (broad SMARTS) is 1. The second-order valence-electron chi connectivity index (χ2n) is 8.13. The molecule has 1 aliphatic rings. The number of hydrogen-bond donors (Lipinski definition) is 3. The van der Waals surface area contributed by atoms with Crippen LogP contribution in [0.2, 0.25) is 0 Å². The third-order valence-electron chi connectivity index (χ3n) is 5.42. The Morgan fingerprint density at radius 3 is 2.29 bits per heavy atom. The molecule has 15 heteroatoms. The first kappa shape index (κ1) is 26.6. The number of likely N-dealkylation sites (tertiary alicyclic amines) is 1. The maximum Gasteiger partial charge on any atom is 0.573 e. The summed E-state index contributed by atoms with van der Waals surface area (Å²) in [5, 5.41) is 14.4. The number of benzene rings is 2. The zero-order chi connectivity index (χ0) is 27.7. The zero-order valence-corrected chi connectivity index (χ0v) is 19.1. The van der Waals surface area contributed by atoms with Crippen LogP contribution in [-0.4, -0.2) is 52.5 Å². The van der Waals surface area contributed by atoms with Crippen LogP contribution in [0.25, 0.3) is 11.5 Å². The Hall–Kier alpha value is -4.43. The van der Waals surface area contributed by atoms with Gasteiger partial charge in [-0.15, -0.1) is 13.2 Å². The summed E-state index contributed by atoms with van der Waals surface area (Å²) in [7, 11) is 0. The number of aromatic nitrogens is 1. The molecule has 1 aliphatic heterocycles. The average molecular weight is 544 g/mol. The van der Waals surface area contributed by atoms with Crippen molar-refractivity contribution in [1.82, 2.24) is 9.88 Å². The van der Waals surface area contributed by atoms with Crippen LogP contribution in [0.3, 0.4) is 0 Å². The standard InChI is InChI=1S/C23H18F6N4O5/c24-22(25,26)18-17(32-20(37-18)15-3-1-2-4-16(15)38-23(27,28)29)19(34)31-13-7-5-12(6-8-13)30-14-9-10-33(11-14)21(35)36/h1-8,14,30H,9-11H2,(H,31,34)(H,35,36). The predicted molar refractivity (Wildman–Crippen MR) is 120 cm³/mol. The van der Waals surface area contributed by atoms with Gasteiger partial charge in [-0.25, -0.2) is 9.78 Å². The van der Waals surface area contributed by atoms with E-state index in [1.807, 2.05) is 0 Å². The van der Waals surface area contributed by atoms with E-state index in [1.165, 1.54) is 41.3 Å². The molecule has 3 aromatic rings. The fourth-order valence-corrected chi connectivity index (χ4v) is 3.77. The predicted octanol–water partition coefficient (Wildman–Crippen LogP) is 5.68. The molecule has 1 fully saturated rings. The summed E-state index contributed by atoms with van der Waals surface area (Å²) in [5.74, 6) is -4.86. The van der Waals surface area contributed by atoms with Crippen LogP contribution in [0, 0.1) is 0 Å². The van der Waals surface area contributed by atoms with Crippen molar-refractivity contribution >= 4 is 23.4 Å². The van der Waals surface area contributed by atoms with Crippen LogP contribution in [0.5, 0.6) is 5.75 Å². The number of anilines is 2. The molecule has 3 N–H and O–H groups in total. The van der Waals surface area contributed by atoms with Crippen LogP contribution >= 0.6 is 0 Å². The minimum Gasteiger partial charge on any atom is -0.465 e. The zero-order valence-electron chi connectivity index (χ0n) is 19.1. The van der Waals surface area contributed by atoms with E-state index >= 15 is 0 Å². The van der Waals surface area contributed by atoms with Crippen molar-refractivity contribution in [3.05, 3.63) is 60.0 Å². The van der Waals surface area contributed by atoms with Gasteiger partial charge in [0, 0.05) is 30.5 Å². The number of nitrogens with zero attached hydrogens (tertiary/aromatic N) is 2. The van der Waals surface area contributed by atoms with E-state index in [-0.39, 0.29) is 18.3 Å².